The summed E-state index contributed by atoms with van der Waals surface area (Å²) in [4.78, 5) is 128. The zero-order valence-corrected chi connectivity index (χ0v) is 54.8. The van der Waals surface area contributed by atoms with Crippen molar-refractivity contribution < 1.29 is 63.6 Å². The van der Waals surface area contributed by atoms with Gasteiger partial charge in [0.15, 0.2) is 5.96 Å². The molecule has 1 heterocycles. The van der Waals surface area contributed by atoms with Crippen LogP contribution < -0.4 is 54.0 Å². The largest absolute Gasteiger partial charge is 0.508 e. The lowest BCUT2D eigenvalue weighted by Crippen LogP contribution is -2.53. The molecule has 16 N–H and O–H groups in total. The maximum Gasteiger partial charge on any atom is 0.321 e. The molecule has 1 aliphatic heterocycles. The van der Waals surface area contributed by atoms with Gasteiger partial charge < -0.3 is 69.1 Å². The van der Waals surface area contributed by atoms with Crippen LogP contribution in [0.25, 0.3) is 11.1 Å². The summed E-state index contributed by atoms with van der Waals surface area (Å²) in [5.74, 6) is -6.22. The van der Waals surface area contributed by atoms with Gasteiger partial charge in [0.05, 0.1) is 38.1 Å². The zero-order chi connectivity index (χ0) is 69.9. The first-order chi connectivity index (χ1) is 46.7. The number of rotatable bonds is 35. The number of nitrogens with two attached hydrogens (primary N) is 2. The maximum atomic E-state index is 14.4. The number of anilines is 1. The highest BCUT2D eigenvalue weighted by atomic mass is 16.4. The third-order valence-electron chi connectivity index (χ3n) is 16.0. The van der Waals surface area contributed by atoms with E-state index in [0.717, 1.165) is 27.9 Å². The van der Waals surface area contributed by atoms with Crippen molar-refractivity contribution >= 4 is 65.1 Å². The quantitative estimate of drug-likeness (QED) is 0.0156. The summed E-state index contributed by atoms with van der Waals surface area (Å²) in [6.07, 6.45) is 1.75. The van der Waals surface area contributed by atoms with E-state index in [9.17, 15) is 63.6 Å². The van der Waals surface area contributed by atoms with Crippen molar-refractivity contribution in [2.45, 2.75) is 76.0 Å². The number of phenols is 1. The van der Waals surface area contributed by atoms with E-state index in [2.05, 4.69) is 47.5 Å². The number of carbonyl (C=O) groups excluding carboxylic acids is 6. The van der Waals surface area contributed by atoms with Crippen LogP contribution in [0.5, 0.6) is 5.75 Å². The molecule has 7 amide bonds. The van der Waals surface area contributed by atoms with Crippen LogP contribution in [0.1, 0.15) is 67.2 Å². The van der Waals surface area contributed by atoms with Gasteiger partial charge in [-0.1, -0.05) is 109 Å². The molecular weight excluding hydrogens is 1250 g/mol. The summed E-state index contributed by atoms with van der Waals surface area (Å²) < 4.78 is 0. The Morgan fingerprint density at radius 3 is 1.58 bits per heavy atom. The van der Waals surface area contributed by atoms with Gasteiger partial charge in [0.25, 0.3) is 0 Å². The SMILES string of the molecule is CCNC(=O)NC(N)=NCCC[C@@H](NC(=O)[C@@H](c1ccccc1)c1ccc(NCCCNC(=O)[C@H](N)CCCNC(=O)[C@@H](Cc2ccc(-c3ccccc3)cc2)NC(=O)CN2CCN(CC(=O)O)CCN(CC(=O)O)CCN(CC(=O)O)CC2)cc1)C(=O)NCc1ccc(O)cc1. The molecule has 1 saturated heterocycles. The Bertz CT molecular complexity index is 3320. The number of benzene rings is 5. The van der Waals surface area contributed by atoms with E-state index in [1.165, 1.54) is 12.1 Å². The Morgan fingerprint density at radius 1 is 0.505 bits per heavy atom. The molecule has 5 aromatic rings. The molecule has 28 nitrogen and oxygen atoms in total. The zero-order valence-electron chi connectivity index (χ0n) is 54.8. The average Bonchev–Trinajstić information content (AvgIpc) is 0.858. The predicted molar refractivity (Wildman–Crippen MR) is 367 cm³/mol. The van der Waals surface area contributed by atoms with E-state index in [1.807, 2.05) is 109 Å². The van der Waals surface area contributed by atoms with Gasteiger partial charge in [0.2, 0.25) is 29.5 Å². The Labute approximate surface area is 565 Å². The van der Waals surface area contributed by atoms with E-state index in [4.69, 9.17) is 11.5 Å². The Morgan fingerprint density at radius 2 is 1.01 bits per heavy atom. The number of carboxylic acid groups (broad SMARTS) is 3. The lowest BCUT2D eigenvalue weighted by atomic mass is 9.90. The first-order valence-electron chi connectivity index (χ1n) is 32.6. The molecule has 0 aromatic heterocycles. The lowest BCUT2D eigenvalue weighted by Gasteiger charge is -2.33. The number of guanidine groups is 1. The van der Waals surface area contributed by atoms with Gasteiger partial charge in [-0.05, 0) is 96.7 Å². The van der Waals surface area contributed by atoms with E-state index >= 15 is 0 Å². The number of nitrogens with zero attached hydrogens (tertiary/aromatic N) is 5. The third kappa shape index (κ3) is 28.5. The van der Waals surface area contributed by atoms with Crippen LogP contribution in [0.4, 0.5) is 10.5 Å². The first kappa shape index (κ1) is 76.0. The molecule has 1 aliphatic rings. The number of phenolic OH excluding ortho intramolecular Hbond substituents is 1. The number of aliphatic carboxylic acids is 3. The summed E-state index contributed by atoms with van der Waals surface area (Å²) in [6, 6.07) is 36.9. The van der Waals surface area contributed by atoms with Crippen LogP contribution >= 0.6 is 0 Å². The third-order valence-corrected chi connectivity index (χ3v) is 16.0. The van der Waals surface area contributed by atoms with Crippen LogP contribution in [-0.2, 0) is 51.3 Å². The van der Waals surface area contributed by atoms with Crippen molar-refractivity contribution in [3.05, 3.63) is 156 Å². The number of aromatic hydroxyl groups is 1. The minimum Gasteiger partial charge on any atom is -0.508 e. The molecule has 0 unspecified atom stereocenters. The van der Waals surface area contributed by atoms with Gasteiger partial charge in [0, 0.05) is 104 Å². The molecule has 0 spiro atoms. The van der Waals surface area contributed by atoms with Crippen LogP contribution in [0.15, 0.2) is 138 Å². The van der Waals surface area contributed by atoms with E-state index in [-0.39, 0.29) is 135 Å². The molecule has 0 aliphatic carbocycles. The van der Waals surface area contributed by atoms with Gasteiger partial charge in [-0.3, -0.25) is 68.3 Å². The molecule has 5 aromatic carbocycles. The summed E-state index contributed by atoms with van der Waals surface area (Å²) >= 11 is 0. The van der Waals surface area contributed by atoms with Gasteiger partial charge in [-0.25, -0.2) is 4.79 Å². The maximum absolute atomic E-state index is 14.4. The summed E-state index contributed by atoms with van der Waals surface area (Å²) in [5, 5.41) is 61.6. The molecule has 522 valence electrons. The topological polar surface area (TPSA) is 408 Å². The average molecular weight is 1340 g/mol. The van der Waals surface area contributed by atoms with Crippen molar-refractivity contribution in [3.8, 4) is 16.9 Å². The molecular formula is C69H93N15O13. The first-order valence-corrected chi connectivity index (χ1v) is 32.6. The number of urea groups is 1. The summed E-state index contributed by atoms with van der Waals surface area (Å²) in [7, 11) is 0. The smallest absolute Gasteiger partial charge is 0.321 e. The minimum atomic E-state index is -1.08. The predicted octanol–water partition coefficient (Wildman–Crippen LogP) is 1.75. The Kier molecular flexibility index (Phi) is 32.2. The highest BCUT2D eigenvalue weighted by molar-refractivity contribution is 5.95. The fourth-order valence-corrected chi connectivity index (χ4v) is 10.8. The minimum absolute atomic E-state index is 0.0825. The molecule has 97 heavy (non-hydrogen) atoms. The lowest BCUT2D eigenvalue weighted by molar-refractivity contribution is -0.140. The highest BCUT2D eigenvalue weighted by Gasteiger charge is 2.29. The molecule has 28 heteroatoms. The second-order valence-electron chi connectivity index (χ2n) is 23.6. The van der Waals surface area contributed by atoms with Crippen molar-refractivity contribution in [2.75, 3.05) is 117 Å². The molecule has 0 radical (unpaired) electrons. The molecule has 1 fully saturated rings. The van der Waals surface area contributed by atoms with Gasteiger partial charge in [-0.15, -0.1) is 0 Å². The number of aliphatic imine (C=N–C) groups is 1. The number of amides is 7. The number of carbonyl (C=O) groups is 9. The number of carboxylic acids is 3. The molecule has 4 atom stereocenters. The van der Waals surface area contributed by atoms with E-state index in [1.54, 1.807) is 38.7 Å². The number of hydrogen-bond acceptors (Lipinski definition) is 17. The Balaban J connectivity index is 1.00. The van der Waals surface area contributed by atoms with Crippen LogP contribution in [0.3, 0.4) is 0 Å². The van der Waals surface area contributed by atoms with Crippen molar-refractivity contribution in [1.29, 1.82) is 0 Å². The molecule has 0 bridgehead atoms. The normalized spacial score (nSPS) is 14.9. The number of hydrogen-bond donors (Lipinski definition) is 14. The second-order valence-corrected chi connectivity index (χ2v) is 23.6. The van der Waals surface area contributed by atoms with Crippen molar-refractivity contribution in [2.24, 2.45) is 16.5 Å². The number of nitrogens with one attached hydrogen (secondary N) is 8. The van der Waals surface area contributed by atoms with Crippen LogP contribution in [-0.4, -0.2) is 229 Å². The molecule has 0 saturated carbocycles. The van der Waals surface area contributed by atoms with E-state index < -0.39 is 71.6 Å². The highest BCUT2D eigenvalue weighted by Crippen LogP contribution is 2.27. The fraction of sp³-hybridized carbons (Fsp3) is 0.420. The molecule has 6 rings (SSSR count). The van der Waals surface area contributed by atoms with Crippen LogP contribution in [0, 0.1) is 0 Å². The van der Waals surface area contributed by atoms with Gasteiger partial charge in [-0.2, -0.15) is 0 Å². The second kappa shape index (κ2) is 41.1. The monoisotopic (exact) mass is 1340 g/mol. The standard InChI is InChI=1S/C69H93N15O13/c1-2-72-69(97)80-68(71)76-31-10-17-57(65(94)77-43-49-20-28-55(85)29-21-49)79-67(96)63(52-14-7-4-8-15-52)53-24-26-54(27-25-53)73-32-11-33-74-64(93)56(70)16-9-30-75-66(95)58(42-48-18-22-51(23-19-48)50-12-5-3-6-13-50)78-59(86)44-81-34-36-82(45-60(87)88)38-40-84(47-62(91)92)41-39-83(37-35-81)46-61(89)90/h3-8,12-15,18-29,56-58,63,73,85H,2,9-11,16-17,30-47,70H2,1H3,(H,74,93)(H,75,95)(H,77,94)(H,78,86)(H,79,96)(H,87,88)(H,89,90)(H,91,92)(H4,71,72,76,80,97)/t56-,57-,58-,63+/m1/s1. The summed E-state index contributed by atoms with van der Waals surface area (Å²) in [6.45, 7) is 3.90. The van der Waals surface area contributed by atoms with E-state index in [0.29, 0.717) is 50.0 Å². The van der Waals surface area contributed by atoms with Crippen molar-refractivity contribution in [3.63, 3.8) is 0 Å². The summed E-state index contributed by atoms with van der Waals surface area (Å²) in [5.41, 5.74) is 17.8. The van der Waals surface area contributed by atoms with Gasteiger partial charge >= 0.3 is 23.9 Å². The Hall–Kier alpha value is -10.0. The van der Waals surface area contributed by atoms with Crippen molar-refractivity contribution in [1.82, 2.24) is 56.8 Å². The fourth-order valence-electron chi connectivity index (χ4n) is 10.8. The van der Waals surface area contributed by atoms with Gasteiger partial charge in [0.1, 0.15) is 17.8 Å². The van der Waals surface area contributed by atoms with Crippen LogP contribution in [0.2, 0.25) is 0 Å².